The van der Waals surface area contributed by atoms with Crippen LogP contribution in [0.3, 0.4) is 0 Å². The van der Waals surface area contributed by atoms with Crippen molar-refractivity contribution in [3.63, 3.8) is 0 Å². The van der Waals surface area contributed by atoms with Crippen LogP contribution in [0.2, 0.25) is 0 Å². The second-order valence-electron chi connectivity index (χ2n) is 13.3. The van der Waals surface area contributed by atoms with Crippen molar-refractivity contribution in [2.75, 3.05) is 9.80 Å². The van der Waals surface area contributed by atoms with Crippen LogP contribution in [0.15, 0.2) is 142 Å². The third-order valence-corrected chi connectivity index (χ3v) is 10.7. The van der Waals surface area contributed by atoms with Crippen LogP contribution in [0.25, 0.3) is 39.0 Å². The Morgan fingerprint density at radius 1 is 0.562 bits per heavy atom. The monoisotopic (exact) mass is 616 g/mol. The molecule has 4 nitrogen and oxygen atoms in total. The minimum atomic E-state index is 0.0941. The van der Waals surface area contributed by atoms with E-state index in [0.717, 1.165) is 51.1 Å². The van der Waals surface area contributed by atoms with Crippen molar-refractivity contribution in [3.8, 4) is 0 Å². The van der Waals surface area contributed by atoms with Crippen molar-refractivity contribution in [1.29, 1.82) is 0 Å². The number of allylic oxidation sites excluding steroid dienone is 1. The maximum atomic E-state index is 6.49. The van der Waals surface area contributed by atoms with Crippen molar-refractivity contribution < 1.29 is 8.83 Å². The zero-order chi connectivity index (χ0) is 31.5. The van der Waals surface area contributed by atoms with E-state index in [2.05, 4.69) is 144 Å². The summed E-state index contributed by atoms with van der Waals surface area (Å²) in [5, 5.41) is 3.49. The lowest BCUT2D eigenvalue weighted by Crippen LogP contribution is -2.61. The average molecular weight is 617 g/mol. The lowest BCUT2D eigenvalue weighted by Gasteiger charge is -2.44. The fraction of sp³-hybridized carbons (Fsp3) is 0.0698. The van der Waals surface area contributed by atoms with Crippen molar-refractivity contribution >= 4 is 96.2 Å². The summed E-state index contributed by atoms with van der Waals surface area (Å²) in [5.74, 6) is 1.44. The summed E-state index contributed by atoms with van der Waals surface area (Å²) in [6.45, 7) is 2.38. The predicted octanol–water partition coefficient (Wildman–Crippen LogP) is 9.94. The first-order valence-electron chi connectivity index (χ1n) is 16.8. The van der Waals surface area contributed by atoms with Gasteiger partial charge in [-0.25, -0.2) is 0 Å². The van der Waals surface area contributed by atoms with Gasteiger partial charge in [0.1, 0.15) is 22.5 Å². The topological polar surface area (TPSA) is 32.8 Å². The van der Waals surface area contributed by atoms with Crippen LogP contribution in [0.1, 0.15) is 30.6 Å². The van der Waals surface area contributed by atoms with Gasteiger partial charge in [-0.1, -0.05) is 73.7 Å². The number of fused-ring (bicyclic) bond motifs is 10. The second-order valence-corrected chi connectivity index (χ2v) is 13.3. The standard InChI is InChI=1S/C43H29BN2O2/c1-26-10-8-19-39-42(26)31-23-21-28(25-41(31)48-39)46-35-15-6-4-13-33(35)44-32-12-3-5-14-34(32)45(36-16-9-17-37(46)43(36)44)27-20-22-30-29-11-2-7-18-38(29)47-40(30)24-27/h2-9,11-26H,10H2,1H3. The van der Waals surface area contributed by atoms with Gasteiger partial charge in [-0.15, -0.1) is 0 Å². The number of anilines is 6. The Labute approximate surface area is 278 Å². The largest absolute Gasteiger partial charge is 0.456 e. The van der Waals surface area contributed by atoms with E-state index < -0.39 is 0 Å². The Morgan fingerprint density at radius 3 is 1.88 bits per heavy atom. The molecule has 8 aromatic rings. The van der Waals surface area contributed by atoms with Crippen molar-refractivity contribution in [2.45, 2.75) is 19.3 Å². The number of furan rings is 2. The summed E-state index contributed by atoms with van der Waals surface area (Å²) in [5.41, 5.74) is 14.9. The fourth-order valence-electron chi connectivity index (χ4n) is 8.64. The van der Waals surface area contributed by atoms with E-state index >= 15 is 0 Å². The van der Waals surface area contributed by atoms with Gasteiger partial charge < -0.3 is 18.6 Å². The minimum Gasteiger partial charge on any atom is -0.456 e. The Hall–Kier alpha value is -5.94. The van der Waals surface area contributed by atoms with E-state index in [1.165, 1.54) is 50.1 Å². The highest BCUT2D eigenvalue weighted by Gasteiger charge is 2.43. The first kappa shape index (κ1) is 26.2. The number of hydrogen-bond donors (Lipinski definition) is 0. The smallest absolute Gasteiger partial charge is 0.252 e. The van der Waals surface area contributed by atoms with Crippen LogP contribution in [0, 0.1) is 0 Å². The Balaban J connectivity index is 1.15. The summed E-state index contributed by atoms with van der Waals surface area (Å²) in [4.78, 5) is 4.85. The highest BCUT2D eigenvalue weighted by atomic mass is 16.3. The fourth-order valence-corrected chi connectivity index (χ4v) is 8.64. The number of hydrogen-bond acceptors (Lipinski definition) is 4. The molecule has 4 heterocycles. The first-order valence-corrected chi connectivity index (χ1v) is 16.8. The number of nitrogens with zero attached hydrogens (tertiary/aromatic N) is 2. The molecule has 0 bridgehead atoms. The molecule has 3 aliphatic rings. The van der Waals surface area contributed by atoms with E-state index in [4.69, 9.17) is 8.83 Å². The molecule has 1 unspecified atom stereocenters. The molecule has 0 amide bonds. The first-order chi connectivity index (χ1) is 23.7. The molecule has 48 heavy (non-hydrogen) atoms. The molecule has 1 atom stereocenters. The molecule has 0 saturated carbocycles. The molecule has 2 aliphatic heterocycles. The highest BCUT2D eigenvalue weighted by molar-refractivity contribution is 7.00. The van der Waals surface area contributed by atoms with E-state index in [1.54, 1.807) is 0 Å². The van der Waals surface area contributed by atoms with E-state index in [0.29, 0.717) is 5.92 Å². The predicted molar refractivity (Wildman–Crippen MR) is 200 cm³/mol. The van der Waals surface area contributed by atoms with Crippen LogP contribution in [-0.2, 0) is 0 Å². The molecule has 0 spiro atoms. The number of benzene rings is 6. The number of para-hydroxylation sites is 3. The van der Waals surface area contributed by atoms with Gasteiger partial charge in [-0.2, -0.15) is 0 Å². The molecular formula is C43H29BN2O2. The minimum absolute atomic E-state index is 0.0941. The highest BCUT2D eigenvalue weighted by Crippen LogP contribution is 2.46. The van der Waals surface area contributed by atoms with Crippen molar-refractivity contribution in [1.82, 2.24) is 0 Å². The van der Waals surface area contributed by atoms with Crippen LogP contribution < -0.4 is 26.2 Å². The molecule has 0 N–H and O–H groups in total. The van der Waals surface area contributed by atoms with E-state index in [1.807, 2.05) is 12.1 Å². The second kappa shape index (κ2) is 9.55. The van der Waals surface area contributed by atoms with Crippen LogP contribution in [0.5, 0.6) is 0 Å². The molecule has 0 fully saturated rings. The third kappa shape index (κ3) is 3.45. The summed E-state index contributed by atoms with van der Waals surface area (Å²) in [6.07, 6.45) is 5.41. The Kier molecular flexibility index (Phi) is 5.21. The van der Waals surface area contributed by atoms with E-state index in [-0.39, 0.29) is 6.71 Å². The van der Waals surface area contributed by atoms with Gasteiger partial charge in [0.15, 0.2) is 0 Å². The SMILES string of the molecule is CC1CC=Cc2oc3cc(N4c5ccccc5B5c6ccccc6N(c6ccc7c(c6)oc6ccccc67)c6cccc4c65)ccc3c21. The van der Waals surface area contributed by atoms with Crippen LogP contribution in [0.4, 0.5) is 34.1 Å². The summed E-state index contributed by atoms with van der Waals surface area (Å²) < 4.78 is 12.9. The average Bonchev–Trinajstić information content (AvgIpc) is 3.69. The van der Waals surface area contributed by atoms with Crippen LogP contribution >= 0.6 is 0 Å². The van der Waals surface area contributed by atoms with Gasteiger partial charge in [-0.3, -0.25) is 0 Å². The molecule has 0 saturated heterocycles. The molecule has 6 aromatic carbocycles. The molecule has 2 aromatic heterocycles. The van der Waals surface area contributed by atoms with Gasteiger partial charge in [0.2, 0.25) is 0 Å². The quantitative estimate of drug-likeness (QED) is 0.181. The van der Waals surface area contributed by atoms with Gasteiger partial charge in [0.25, 0.3) is 6.71 Å². The van der Waals surface area contributed by atoms with Crippen molar-refractivity contribution in [3.05, 3.63) is 145 Å². The molecule has 0 radical (unpaired) electrons. The van der Waals surface area contributed by atoms with Gasteiger partial charge in [0.05, 0.1) is 0 Å². The maximum absolute atomic E-state index is 6.49. The zero-order valence-electron chi connectivity index (χ0n) is 26.4. The lowest BCUT2D eigenvalue weighted by atomic mass is 9.33. The van der Waals surface area contributed by atoms with Gasteiger partial charge in [-0.05, 0) is 89.4 Å². The van der Waals surface area contributed by atoms with Crippen molar-refractivity contribution in [2.24, 2.45) is 0 Å². The number of rotatable bonds is 2. The van der Waals surface area contributed by atoms with E-state index in [9.17, 15) is 0 Å². The van der Waals surface area contributed by atoms with Crippen LogP contribution in [-0.4, -0.2) is 6.71 Å². The molecular weight excluding hydrogens is 587 g/mol. The summed E-state index contributed by atoms with van der Waals surface area (Å²) in [6, 6.07) is 46.2. The normalized spacial score (nSPS) is 15.9. The molecule has 1 aliphatic carbocycles. The third-order valence-electron chi connectivity index (χ3n) is 10.7. The summed E-state index contributed by atoms with van der Waals surface area (Å²) in [7, 11) is 0. The summed E-state index contributed by atoms with van der Waals surface area (Å²) >= 11 is 0. The Morgan fingerprint density at radius 2 is 1.15 bits per heavy atom. The molecule has 226 valence electrons. The maximum Gasteiger partial charge on any atom is 0.252 e. The zero-order valence-corrected chi connectivity index (χ0v) is 26.4. The van der Waals surface area contributed by atoms with Gasteiger partial charge in [0, 0.05) is 68.0 Å². The van der Waals surface area contributed by atoms with Gasteiger partial charge >= 0.3 is 0 Å². The molecule has 11 rings (SSSR count). The molecule has 5 heteroatoms. The lowest BCUT2D eigenvalue weighted by molar-refractivity contribution is 0.586. The Bertz CT molecular complexity index is 2660.